The first-order valence-electron chi connectivity index (χ1n) is 25.9. The van der Waals surface area contributed by atoms with E-state index in [1.54, 1.807) is 97.1 Å². The average Bonchev–Trinajstić information content (AvgIpc) is 3.99. The van der Waals surface area contributed by atoms with Gasteiger partial charge in [-0.3, -0.25) is 49.4 Å². The van der Waals surface area contributed by atoms with E-state index in [-0.39, 0.29) is 56.0 Å². The third-order valence-electron chi connectivity index (χ3n) is 13.8. The molecule has 8 rings (SSSR count). The molecule has 1 saturated heterocycles. The van der Waals surface area contributed by atoms with Gasteiger partial charge >= 0.3 is 35.9 Å². The number of aryl methyl sites for hydroxylation is 1. The van der Waals surface area contributed by atoms with Gasteiger partial charge in [-0.25, -0.2) is 19.2 Å². The van der Waals surface area contributed by atoms with Crippen molar-refractivity contribution in [1.82, 2.24) is 9.55 Å². The Bertz CT molecular complexity index is 3440. The van der Waals surface area contributed by atoms with Gasteiger partial charge in [0, 0.05) is 70.8 Å². The minimum Gasteiger partial charge on any atom is -0.434 e. The van der Waals surface area contributed by atoms with Crippen molar-refractivity contribution >= 4 is 35.5 Å². The molecule has 1 fully saturated rings. The highest BCUT2D eigenvalue weighted by Gasteiger charge is 2.72. The number of benzene rings is 6. The van der Waals surface area contributed by atoms with E-state index in [9.17, 15) is 44.7 Å². The van der Waals surface area contributed by atoms with E-state index < -0.39 is 118 Å². The molecule has 0 radical (unpaired) electrons. The maximum Gasteiger partial charge on any atom is 0.513 e. The molecule has 24 heteroatoms. The number of para-hydroxylation sites is 3. The average molecular weight is 1140 g/mol. The number of nitro benzene ring substituents is 3. The van der Waals surface area contributed by atoms with E-state index in [0.717, 1.165) is 10.8 Å². The lowest BCUT2D eigenvalue weighted by Gasteiger charge is -2.47. The number of aromatic nitrogens is 2. The predicted octanol–water partition coefficient (Wildman–Crippen LogP) is 11.1. The molecule has 6 aromatic carbocycles. The SMILES string of the molecule is Cc1cn([C@H]2CC[C@@](OC(=O)OCC(C)c3ccccc3[N+](=O)[O-])(C(OC(=O)OCC(C)c3ccccc3[N+](=O)[O-])(OC(=O)OCC(C)c3ccccc3[N+](=O)[O-])OC(c3ccccc3)(c3ccccc3)c3ccccc3)O2)c(=O)[nH]c1=O. The van der Waals surface area contributed by atoms with Crippen molar-refractivity contribution in [3.63, 3.8) is 0 Å². The van der Waals surface area contributed by atoms with Crippen LogP contribution in [-0.4, -0.2) is 74.4 Å². The molecule has 0 bridgehead atoms. The van der Waals surface area contributed by atoms with Crippen LogP contribution < -0.4 is 11.2 Å². The number of nitrogens with one attached hydrogen (secondary N) is 1. The molecule has 2 heterocycles. The van der Waals surface area contributed by atoms with Crippen molar-refractivity contribution in [2.75, 3.05) is 19.8 Å². The van der Waals surface area contributed by atoms with Crippen molar-refractivity contribution in [2.24, 2.45) is 0 Å². The van der Waals surface area contributed by atoms with Gasteiger partial charge < -0.3 is 33.2 Å². The molecule has 5 atom stereocenters. The summed E-state index contributed by atoms with van der Waals surface area (Å²) in [5.74, 6) is -9.71. The topological polar surface area (TPSA) is 309 Å². The Morgan fingerprint density at radius 2 is 0.952 bits per heavy atom. The van der Waals surface area contributed by atoms with Gasteiger partial charge in [0.15, 0.2) is 5.60 Å². The molecule has 1 aromatic heterocycles. The zero-order chi connectivity index (χ0) is 59.5. The van der Waals surface area contributed by atoms with Crippen LogP contribution in [0, 0.1) is 37.3 Å². The smallest absolute Gasteiger partial charge is 0.434 e. The maximum absolute atomic E-state index is 15.0. The third-order valence-corrected chi connectivity index (χ3v) is 13.8. The zero-order valence-electron chi connectivity index (χ0n) is 45.1. The molecule has 3 unspecified atom stereocenters. The van der Waals surface area contributed by atoms with Crippen molar-refractivity contribution in [3.8, 4) is 0 Å². The lowest BCUT2D eigenvalue weighted by Crippen LogP contribution is -2.66. The summed E-state index contributed by atoms with van der Waals surface area (Å²) in [5, 5.41) is 36.4. The number of carbonyl (C=O) groups is 3. The Morgan fingerprint density at radius 1 is 0.590 bits per heavy atom. The second kappa shape index (κ2) is 25.6. The molecule has 1 aliphatic rings. The normalized spacial score (nSPS) is 16.7. The third kappa shape index (κ3) is 12.9. The largest absolute Gasteiger partial charge is 0.513 e. The number of rotatable bonds is 22. The van der Waals surface area contributed by atoms with Crippen LogP contribution in [0.5, 0.6) is 0 Å². The van der Waals surface area contributed by atoms with Crippen molar-refractivity contribution in [3.05, 3.63) is 260 Å². The summed E-state index contributed by atoms with van der Waals surface area (Å²) >= 11 is 0. The molecular weight excluding hydrogens is 1080 g/mol. The first-order valence-corrected chi connectivity index (χ1v) is 25.9. The summed E-state index contributed by atoms with van der Waals surface area (Å²) in [7, 11) is 0. The highest BCUT2D eigenvalue weighted by Crippen LogP contribution is 2.53. The molecule has 0 saturated carbocycles. The Hall–Kier alpha value is -10.1. The van der Waals surface area contributed by atoms with Gasteiger partial charge in [0.1, 0.15) is 26.0 Å². The zero-order valence-corrected chi connectivity index (χ0v) is 45.1. The van der Waals surface area contributed by atoms with Crippen LogP contribution in [0.4, 0.5) is 31.4 Å². The van der Waals surface area contributed by atoms with Gasteiger partial charge in [0.25, 0.3) is 22.6 Å². The lowest BCUT2D eigenvalue weighted by molar-refractivity contribution is -0.476. The van der Waals surface area contributed by atoms with Gasteiger partial charge in [-0.1, -0.05) is 166 Å². The number of carbonyl (C=O) groups excluding carboxylic acids is 3. The van der Waals surface area contributed by atoms with Crippen LogP contribution in [0.2, 0.25) is 0 Å². The molecular formula is C59H55N5O19. The maximum atomic E-state index is 15.0. The Balaban J connectivity index is 1.36. The number of nitrogens with zero attached hydrogens (tertiary/aromatic N) is 4. The van der Waals surface area contributed by atoms with Gasteiger partial charge in [0.2, 0.25) is 0 Å². The predicted molar refractivity (Wildman–Crippen MR) is 293 cm³/mol. The van der Waals surface area contributed by atoms with Crippen LogP contribution in [0.25, 0.3) is 0 Å². The minimum absolute atomic E-state index is 0.00832. The second-order valence-corrected chi connectivity index (χ2v) is 19.4. The van der Waals surface area contributed by atoms with E-state index in [1.165, 1.54) is 94.4 Å². The summed E-state index contributed by atoms with van der Waals surface area (Å²) < 4.78 is 51.1. The van der Waals surface area contributed by atoms with Gasteiger partial charge in [-0.05, 0) is 30.0 Å². The Morgan fingerprint density at radius 3 is 1.34 bits per heavy atom. The fraction of sp³-hybridized carbons (Fsp3) is 0.271. The molecule has 1 N–H and O–H groups in total. The van der Waals surface area contributed by atoms with Crippen LogP contribution in [-0.2, 0) is 43.5 Å². The van der Waals surface area contributed by atoms with Crippen LogP contribution in [0.1, 0.15) is 96.5 Å². The number of nitro groups is 3. The Labute approximate surface area is 472 Å². The fourth-order valence-corrected chi connectivity index (χ4v) is 9.70. The van der Waals surface area contributed by atoms with Gasteiger partial charge in [0.05, 0.1) is 14.8 Å². The summed E-state index contributed by atoms with van der Waals surface area (Å²) in [6, 6.07) is 41.7. The van der Waals surface area contributed by atoms with Crippen LogP contribution >= 0.6 is 0 Å². The molecule has 430 valence electrons. The number of H-pyrrole nitrogens is 1. The quantitative estimate of drug-likeness (QED) is 0.0165. The van der Waals surface area contributed by atoms with E-state index in [1.807, 2.05) is 0 Å². The summed E-state index contributed by atoms with van der Waals surface area (Å²) in [6.45, 7) is 4.00. The molecule has 1 aliphatic heterocycles. The van der Waals surface area contributed by atoms with E-state index in [4.69, 9.17) is 37.9 Å². The standard InChI is InChI=1S/C59H55N5O19/c1-38-34-61(53(66)60-52(38)65)51-32-33-57(79-51,80-54(67)76-35-39(2)45-26-14-17-29-48(45)62(70)71)59(81-55(68)77-36-40(3)46-27-15-18-30-49(46)63(72)73,82-56(69)78-37-41(4)47-28-16-19-31-50(47)64(74)75)83-58(42-20-8-5-9-21-42,43-22-10-6-11-23-43)44-24-12-7-13-25-44/h5-31,34,39-41,51H,32-33,35-37H2,1-4H3,(H,60,65,66)/t39?,40?,41?,51-,57-,59?/m1/s1. The number of aromatic amines is 1. The molecule has 0 amide bonds. The first-order chi connectivity index (χ1) is 39.8. The minimum atomic E-state index is -3.73. The van der Waals surface area contributed by atoms with E-state index >= 15 is 9.59 Å². The summed E-state index contributed by atoms with van der Waals surface area (Å²) in [6.07, 6.45) is -6.80. The summed E-state index contributed by atoms with van der Waals surface area (Å²) in [4.78, 5) is 108. The molecule has 24 nitrogen and oxygen atoms in total. The number of hydrogen-bond donors (Lipinski definition) is 1. The monoisotopic (exact) mass is 1140 g/mol. The number of ether oxygens (including phenoxy) is 8. The van der Waals surface area contributed by atoms with Crippen molar-refractivity contribution in [2.45, 2.75) is 81.9 Å². The molecule has 7 aromatic rings. The van der Waals surface area contributed by atoms with E-state index in [0.29, 0.717) is 0 Å². The molecule has 0 spiro atoms. The molecule has 0 aliphatic carbocycles. The second-order valence-electron chi connectivity index (χ2n) is 19.4. The lowest BCUT2D eigenvalue weighted by atomic mass is 9.79. The molecule has 83 heavy (non-hydrogen) atoms. The van der Waals surface area contributed by atoms with Crippen LogP contribution in [0.15, 0.2) is 180 Å². The fourth-order valence-electron chi connectivity index (χ4n) is 9.70. The van der Waals surface area contributed by atoms with Crippen LogP contribution in [0.3, 0.4) is 0 Å². The first kappa shape index (κ1) is 59.1. The number of hydrogen-bond acceptors (Lipinski definition) is 19. The highest BCUT2D eigenvalue weighted by molar-refractivity contribution is 5.65. The van der Waals surface area contributed by atoms with Gasteiger partial charge in [-0.2, -0.15) is 0 Å². The Kier molecular flexibility index (Phi) is 18.2. The van der Waals surface area contributed by atoms with E-state index in [2.05, 4.69) is 4.98 Å². The van der Waals surface area contributed by atoms with Gasteiger partial charge in [-0.15, -0.1) is 0 Å². The van der Waals surface area contributed by atoms with Crippen molar-refractivity contribution in [1.29, 1.82) is 0 Å². The highest BCUT2D eigenvalue weighted by atomic mass is 17.0. The summed E-state index contributed by atoms with van der Waals surface area (Å²) in [5.41, 5.74) is -3.76. The van der Waals surface area contributed by atoms with Crippen molar-refractivity contribution < 1.29 is 67.0 Å².